The largest absolute Gasteiger partial charge is 0.491 e. The molecule has 1 aliphatic rings. The number of aliphatic hydroxyl groups excluding tert-OH is 1. The number of aliphatic hydroxyl groups is 1. The number of carbonyl (C=O) groups is 1. The van der Waals surface area contributed by atoms with Crippen molar-refractivity contribution in [2.45, 2.75) is 57.8 Å². The van der Waals surface area contributed by atoms with Crippen molar-refractivity contribution in [3.05, 3.63) is 100 Å². The second-order valence-electron chi connectivity index (χ2n) is 10.1. The third-order valence-corrected chi connectivity index (χ3v) is 7.25. The number of amides is 2. The van der Waals surface area contributed by atoms with Crippen LogP contribution in [0, 0.1) is 11.2 Å². The lowest BCUT2D eigenvalue weighted by molar-refractivity contribution is 0.0539. The Balaban J connectivity index is 1.54. The monoisotopic (exact) mass is 524 g/mol. The highest BCUT2D eigenvalue weighted by Gasteiger charge is 2.42. The van der Waals surface area contributed by atoms with Crippen molar-refractivity contribution >= 4 is 17.6 Å². The third kappa shape index (κ3) is 6.82. The highest BCUT2D eigenvalue weighted by molar-refractivity contribution is 6.30. The van der Waals surface area contributed by atoms with E-state index in [0.29, 0.717) is 30.2 Å². The van der Waals surface area contributed by atoms with Gasteiger partial charge in [-0.05, 0) is 74.6 Å². The van der Waals surface area contributed by atoms with Crippen molar-refractivity contribution in [3.8, 4) is 5.75 Å². The Hall–Kier alpha value is -3.09. The van der Waals surface area contributed by atoms with E-state index in [1.54, 1.807) is 24.3 Å². The van der Waals surface area contributed by atoms with Crippen molar-refractivity contribution in [3.63, 3.8) is 0 Å². The molecule has 0 radical (unpaired) electrons. The van der Waals surface area contributed by atoms with Gasteiger partial charge in [0.25, 0.3) is 0 Å². The lowest BCUT2D eigenvalue weighted by Gasteiger charge is -2.33. The molecular formula is C30H34ClFN2O3. The van der Waals surface area contributed by atoms with Gasteiger partial charge in [0.1, 0.15) is 11.6 Å². The number of ether oxygens (including phenoxy) is 1. The highest BCUT2D eigenvalue weighted by atomic mass is 35.5. The summed E-state index contributed by atoms with van der Waals surface area (Å²) < 4.78 is 19.5. The van der Waals surface area contributed by atoms with Crippen LogP contribution in [0.1, 0.15) is 55.8 Å². The number of benzene rings is 3. The van der Waals surface area contributed by atoms with Gasteiger partial charge in [-0.15, -0.1) is 0 Å². The average molecular weight is 525 g/mol. The molecule has 4 rings (SSSR count). The summed E-state index contributed by atoms with van der Waals surface area (Å²) >= 11 is 6.13. The van der Waals surface area contributed by atoms with E-state index in [0.717, 1.165) is 29.5 Å². The lowest BCUT2D eigenvalue weighted by atomic mass is 9.78. The molecule has 0 heterocycles. The fourth-order valence-corrected chi connectivity index (χ4v) is 5.24. The molecule has 0 saturated heterocycles. The lowest BCUT2D eigenvalue weighted by Crippen LogP contribution is -2.47. The molecular weight excluding hydrogens is 491 g/mol. The molecule has 3 atom stereocenters. The van der Waals surface area contributed by atoms with Crippen molar-refractivity contribution in [2.75, 3.05) is 6.54 Å². The third-order valence-electron chi connectivity index (χ3n) is 7.00. The van der Waals surface area contributed by atoms with Crippen LogP contribution in [0.3, 0.4) is 0 Å². The Morgan fingerprint density at radius 3 is 2.46 bits per heavy atom. The second kappa shape index (κ2) is 12.0. The Morgan fingerprint density at radius 1 is 1.11 bits per heavy atom. The molecule has 196 valence electrons. The number of hydrogen-bond acceptors (Lipinski definition) is 3. The van der Waals surface area contributed by atoms with Gasteiger partial charge in [0.15, 0.2) is 0 Å². The van der Waals surface area contributed by atoms with Crippen molar-refractivity contribution in [1.29, 1.82) is 0 Å². The number of rotatable bonds is 9. The molecule has 1 fully saturated rings. The zero-order valence-electron chi connectivity index (χ0n) is 21.2. The summed E-state index contributed by atoms with van der Waals surface area (Å²) in [4.78, 5) is 13.3. The van der Waals surface area contributed by atoms with Gasteiger partial charge in [0.2, 0.25) is 0 Å². The first-order valence-corrected chi connectivity index (χ1v) is 13.1. The molecule has 3 aromatic rings. The maximum Gasteiger partial charge on any atom is 0.315 e. The Morgan fingerprint density at radius 2 is 1.81 bits per heavy atom. The molecule has 3 unspecified atom stereocenters. The molecule has 0 aromatic heterocycles. The summed E-state index contributed by atoms with van der Waals surface area (Å²) in [5, 5.41) is 17.6. The van der Waals surface area contributed by atoms with Gasteiger partial charge in [-0.25, -0.2) is 9.18 Å². The SMILES string of the molecule is CC(C)Oc1ccccc1C(NC(=O)NCC1(Cc2ccc(F)cc2)CCCC1O)c1ccc(Cl)cc1. The van der Waals surface area contributed by atoms with Crippen LogP contribution in [0.5, 0.6) is 5.75 Å². The molecule has 0 bridgehead atoms. The van der Waals surface area contributed by atoms with E-state index in [-0.39, 0.29) is 18.0 Å². The zero-order valence-corrected chi connectivity index (χ0v) is 22.0. The Kier molecular flexibility index (Phi) is 8.72. The van der Waals surface area contributed by atoms with Crippen LogP contribution in [0.4, 0.5) is 9.18 Å². The van der Waals surface area contributed by atoms with E-state index >= 15 is 0 Å². The Bertz CT molecular complexity index is 1190. The topological polar surface area (TPSA) is 70.6 Å². The van der Waals surface area contributed by atoms with Crippen molar-refractivity contribution < 1.29 is 19.0 Å². The number of urea groups is 1. The predicted molar refractivity (Wildman–Crippen MR) is 144 cm³/mol. The van der Waals surface area contributed by atoms with Crippen LogP contribution in [-0.2, 0) is 6.42 Å². The van der Waals surface area contributed by atoms with E-state index < -0.39 is 17.6 Å². The molecule has 37 heavy (non-hydrogen) atoms. The molecule has 1 saturated carbocycles. The number of para-hydroxylation sites is 1. The number of hydrogen-bond donors (Lipinski definition) is 3. The van der Waals surface area contributed by atoms with Crippen LogP contribution in [0.2, 0.25) is 5.02 Å². The number of nitrogens with one attached hydrogen (secondary N) is 2. The molecule has 1 aliphatic carbocycles. The average Bonchev–Trinajstić information content (AvgIpc) is 3.23. The minimum Gasteiger partial charge on any atom is -0.491 e. The molecule has 0 spiro atoms. The smallest absolute Gasteiger partial charge is 0.315 e. The van der Waals surface area contributed by atoms with Gasteiger partial charge in [0.05, 0.1) is 18.2 Å². The van der Waals surface area contributed by atoms with E-state index in [1.165, 1.54) is 12.1 Å². The summed E-state index contributed by atoms with van der Waals surface area (Å²) in [6.07, 6.45) is 2.30. The van der Waals surface area contributed by atoms with E-state index in [2.05, 4.69) is 10.6 Å². The van der Waals surface area contributed by atoms with Crippen molar-refractivity contribution in [1.82, 2.24) is 10.6 Å². The fraction of sp³-hybridized carbons (Fsp3) is 0.367. The standard InChI is InChI=1S/C30H34ClFN2O3/c1-20(2)37-26-7-4-3-6-25(26)28(22-11-13-23(31)14-12-22)34-29(36)33-19-30(17-5-8-27(30)35)18-21-9-15-24(32)16-10-21/h3-4,6-7,9-16,20,27-28,35H,5,8,17-19H2,1-2H3,(H2,33,34,36). The number of halogens is 2. The van der Waals surface area contributed by atoms with Crippen LogP contribution >= 0.6 is 11.6 Å². The van der Waals surface area contributed by atoms with Crippen molar-refractivity contribution in [2.24, 2.45) is 5.41 Å². The zero-order chi connectivity index (χ0) is 26.4. The van der Waals surface area contributed by atoms with E-state index in [4.69, 9.17) is 16.3 Å². The summed E-state index contributed by atoms with van der Waals surface area (Å²) in [5.74, 6) is 0.397. The van der Waals surface area contributed by atoms with Crippen LogP contribution < -0.4 is 15.4 Å². The first-order valence-electron chi connectivity index (χ1n) is 12.7. The summed E-state index contributed by atoms with van der Waals surface area (Å²) in [7, 11) is 0. The minimum absolute atomic E-state index is 0.0315. The maximum absolute atomic E-state index is 13.4. The maximum atomic E-state index is 13.4. The molecule has 5 nitrogen and oxygen atoms in total. The fourth-order valence-electron chi connectivity index (χ4n) is 5.12. The van der Waals surface area contributed by atoms with Crippen LogP contribution in [0.25, 0.3) is 0 Å². The van der Waals surface area contributed by atoms with Gasteiger partial charge in [-0.1, -0.05) is 60.5 Å². The summed E-state index contributed by atoms with van der Waals surface area (Å²) in [6.45, 7) is 4.22. The molecule has 3 N–H and O–H groups in total. The Labute approximate surface area is 223 Å². The number of carbonyl (C=O) groups excluding carboxylic acids is 1. The molecule has 7 heteroatoms. The van der Waals surface area contributed by atoms with Gasteiger partial charge >= 0.3 is 6.03 Å². The normalized spacial score (nSPS) is 20.0. The predicted octanol–water partition coefficient (Wildman–Crippen LogP) is 6.43. The van der Waals surface area contributed by atoms with E-state index in [9.17, 15) is 14.3 Å². The van der Waals surface area contributed by atoms with Crippen LogP contribution in [0.15, 0.2) is 72.8 Å². The molecule has 3 aromatic carbocycles. The quantitative estimate of drug-likeness (QED) is 0.302. The van der Waals surface area contributed by atoms with Gasteiger partial charge in [-0.2, -0.15) is 0 Å². The van der Waals surface area contributed by atoms with Gasteiger partial charge in [0, 0.05) is 22.5 Å². The first-order chi connectivity index (χ1) is 17.8. The molecule has 2 amide bonds. The first kappa shape index (κ1) is 27.0. The summed E-state index contributed by atoms with van der Waals surface area (Å²) in [6, 6.07) is 20.5. The van der Waals surface area contributed by atoms with Gasteiger partial charge < -0.3 is 20.5 Å². The van der Waals surface area contributed by atoms with Gasteiger partial charge in [-0.3, -0.25) is 0 Å². The minimum atomic E-state index is -0.551. The molecule has 0 aliphatic heterocycles. The van der Waals surface area contributed by atoms with E-state index in [1.807, 2.05) is 50.2 Å². The van der Waals surface area contributed by atoms with Crippen LogP contribution in [-0.4, -0.2) is 29.9 Å². The summed E-state index contributed by atoms with van der Waals surface area (Å²) in [5.41, 5.74) is 2.11. The second-order valence-corrected chi connectivity index (χ2v) is 10.5. The highest BCUT2D eigenvalue weighted by Crippen LogP contribution is 2.41.